The molecule has 0 aliphatic carbocycles. The molecule has 0 aromatic heterocycles. The summed E-state index contributed by atoms with van der Waals surface area (Å²) in [5, 5.41) is 0. The summed E-state index contributed by atoms with van der Waals surface area (Å²) in [6.45, 7) is 3.08. The molecule has 1 aliphatic heterocycles. The maximum atomic E-state index is 13.4. The molecular weight excluding hydrogens is 438 g/mol. The van der Waals surface area contributed by atoms with Crippen molar-refractivity contribution in [2.45, 2.75) is 25.3 Å². The number of fused-ring (bicyclic) bond motifs is 1. The minimum Gasteiger partial charge on any atom is -0.497 e. The van der Waals surface area contributed by atoms with Gasteiger partial charge in [0.15, 0.2) is 11.5 Å². The summed E-state index contributed by atoms with van der Waals surface area (Å²) >= 11 is 0. The zero-order chi connectivity index (χ0) is 24.8. The average Bonchev–Trinajstić information content (AvgIpc) is 2.88. The molecule has 0 radical (unpaired) electrons. The van der Waals surface area contributed by atoms with Gasteiger partial charge in [0.05, 0.1) is 41.5 Å². The van der Waals surface area contributed by atoms with Crippen LogP contribution in [0, 0.1) is 5.92 Å². The van der Waals surface area contributed by atoms with E-state index in [1.54, 1.807) is 21.3 Å². The van der Waals surface area contributed by atoms with E-state index in [0.29, 0.717) is 36.8 Å². The van der Waals surface area contributed by atoms with E-state index < -0.39 is 29.8 Å². The molecule has 184 valence electrons. The molecule has 0 saturated carbocycles. The Kier molecular flexibility index (Phi) is 8.39. The Labute approximate surface area is 200 Å². The molecule has 1 aliphatic rings. The highest BCUT2D eigenvalue weighted by Crippen LogP contribution is 2.44. The van der Waals surface area contributed by atoms with E-state index in [4.69, 9.17) is 23.7 Å². The van der Waals surface area contributed by atoms with Gasteiger partial charge in [0.1, 0.15) is 11.8 Å². The molecule has 8 heteroatoms. The lowest BCUT2D eigenvalue weighted by atomic mass is 9.73. The standard InChI is InChI=1S/C26H33NO7/c1-7-27-13-12-17-14-20(31-3)21(32-4)15-19(17)22(16-8-10-18(30-2)11-9-16)23(25(28)33-5)24(27)26(29)34-6/h8-11,14-15,22-24H,7,12-13H2,1-6H3. The van der Waals surface area contributed by atoms with Gasteiger partial charge >= 0.3 is 11.9 Å². The number of nitrogens with zero attached hydrogens (tertiary/aromatic N) is 1. The number of hydrogen-bond acceptors (Lipinski definition) is 8. The van der Waals surface area contributed by atoms with Gasteiger partial charge in [-0.2, -0.15) is 0 Å². The minimum atomic E-state index is -0.858. The SMILES string of the molecule is CCN1CCc2cc(OC)c(OC)cc2C(c2ccc(OC)cc2)C(C(=O)OC)C1C(=O)OC. The summed E-state index contributed by atoms with van der Waals surface area (Å²) in [5.41, 5.74) is 2.73. The third kappa shape index (κ3) is 4.82. The second kappa shape index (κ2) is 11.2. The first-order chi connectivity index (χ1) is 16.4. The lowest BCUT2D eigenvalue weighted by Gasteiger charge is -2.40. The van der Waals surface area contributed by atoms with Crippen LogP contribution in [0.4, 0.5) is 0 Å². The van der Waals surface area contributed by atoms with Crippen molar-refractivity contribution in [2.75, 3.05) is 48.6 Å². The number of carbonyl (C=O) groups excluding carboxylic acids is 2. The smallest absolute Gasteiger partial charge is 0.324 e. The van der Waals surface area contributed by atoms with Gasteiger partial charge in [0.25, 0.3) is 0 Å². The van der Waals surface area contributed by atoms with Crippen molar-refractivity contribution in [1.29, 1.82) is 0 Å². The number of rotatable bonds is 7. The minimum absolute atomic E-state index is 0.473. The Morgan fingerprint density at radius 2 is 1.50 bits per heavy atom. The lowest BCUT2D eigenvalue weighted by molar-refractivity contribution is -0.160. The molecule has 2 aromatic rings. The van der Waals surface area contributed by atoms with Crippen LogP contribution in [-0.4, -0.2) is 71.5 Å². The number of esters is 2. The van der Waals surface area contributed by atoms with E-state index in [2.05, 4.69) is 0 Å². The average molecular weight is 472 g/mol. The van der Waals surface area contributed by atoms with E-state index in [1.165, 1.54) is 14.2 Å². The molecule has 3 unspecified atom stereocenters. The summed E-state index contributed by atoms with van der Waals surface area (Å²) < 4.78 is 26.9. The second-order valence-corrected chi connectivity index (χ2v) is 8.05. The molecule has 8 nitrogen and oxygen atoms in total. The number of methoxy groups -OCH3 is 5. The topological polar surface area (TPSA) is 83.5 Å². The van der Waals surface area contributed by atoms with Crippen LogP contribution in [0.15, 0.2) is 36.4 Å². The van der Waals surface area contributed by atoms with Crippen LogP contribution in [0.2, 0.25) is 0 Å². The number of carbonyl (C=O) groups is 2. The highest BCUT2D eigenvalue weighted by molar-refractivity contribution is 5.86. The fraction of sp³-hybridized carbons (Fsp3) is 0.462. The van der Waals surface area contributed by atoms with Crippen molar-refractivity contribution in [3.63, 3.8) is 0 Å². The highest BCUT2D eigenvalue weighted by atomic mass is 16.5. The van der Waals surface area contributed by atoms with Crippen molar-refractivity contribution in [1.82, 2.24) is 4.90 Å². The first kappa shape index (κ1) is 25.4. The number of ether oxygens (including phenoxy) is 5. The fourth-order valence-electron chi connectivity index (χ4n) is 4.82. The maximum absolute atomic E-state index is 13.4. The molecule has 34 heavy (non-hydrogen) atoms. The summed E-state index contributed by atoms with van der Waals surface area (Å²) in [6.07, 6.45) is 0.650. The van der Waals surface area contributed by atoms with E-state index in [0.717, 1.165) is 16.7 Å². The van der Waals surface area contributed by atoms with Crippen molar-refractivity contribution in [3.8, 4) is 17.2 Å². The summed E-state index contributed by atoms with van der Waals surface area (Å²) in [6, 6.07) is 10.5. The largest absolute Gasteiger partial charge is 0.497 e. The highest BCUT2D eigenvalue weighted by Gasteiger charge is 2.47. The quantitative estimate of drug-likeness (QED) is 0.570. The summed E-state index contributed by atoms with van der Waals surface area (Å²) in [7, 11) is 7.45. The third-order valence-corrected chi connectivity index (χ3v) is 6.54. The number of likely N-dealkylation sites (N-methyl/N-ethyl adjacent to an activating group) is 1. The fourth-order valence-corrected chi connectivity index (χ4v) is 4.82. The van der Waals surface area contributed by atoms with Gasteiger partial charge in [-0.1, -0.05) is 19.1 Å². The Bertz CT molecular complexity index is 1000. The number of benzene rings is 2. The van der Waals surface area contributed by atoms with Crippen LogP contribution in [0.25, 0.3) is 0 Å². The molecule has 0 bridgehead atoms. The van der Waals surface area contributed by atoms with Crippen molar-refractivity contribution < 1.29 is 33.3 Å². The third-order valence-electron chi connectivity index (χ3n) is 6.54. The maximum Gasteiger partial charge on any atom is 0.324 e. The molecule has 0 spiro atoms. The molecular formula is C26H33NO7. The zero-order valence-electron chi connectivity index (χ0n) is 20.6. The molecule has 3 rings (SSSR count). The lowest BCUT2D eigenvalue weighted by Crippen LogP contribution is -2.53. The van der Waals surface area contributed by atoms with Gasteiger partial charge in [0.2, 0.25) is 0 Å². The van der Waals surface area contributed by atoms with E-state index >= 15 is 0 Å². The molecule has 2 aromatic carbocycles. The van der Waals surface area contributed by atoms with Gasteiger partial charge in [0, 0.05) is 12.5 Å². The van der Waals surface area contributed by atoms with Gasteiger partial charge in [-0.3, -0.25) is 14.5 Å². The molecule has 0 N–H and O–H groups in total. The molecule has 0 fully saturated rings. The second-order valence-electron chi connectivity index (χ2n) is 8.05. The zero-order valence-corrected chi connectivity index (χ0v) is 20.6. The van der Waals surface area contributed by atoms with E-state index in [-0.39, 0.29) is 0 Å². The van der Waals surface area contributed by atoms with Gasteiger partial charge in [-0.15, -0.1) is 0 Å². The van der Waals surface area contributed by atoms with Crippen molar-refractivity contribution >= 4 is 11.9 Å². The normalized spacial score (nSPS) is 20.4. The first-order valence-corrected chi connectivity index (χ1v) is 11.2. The Balaban J connectivity index is 2.35. The first-order valence-electron chi connectivity index (χ1n) is 11.2. The van der Waals surface area contributed by atoms with Gasteiger partial charge in [-0.05, 0) is 53.9 Å². The summed E-state index contributed by atoms with van der Waals surface area (Å²) in [5.74, 6) is -0.480. The number of hydrogen-bond donors (Lipinski definition) is 0. The monoisotopic (exact) mass is 471 g/mol. The van der Waals surface area contributed by atoms with Crippen molar-refractivity contribution in [2.24, 2.45) is 5.92 Å². The summed E-state index contributed by atoms with van der Waals surface area (Å²) in [4.78, 5) is 28.5. The Hall–Kier alpha value is -3.26. The van der Waals surface area contributed by atoms with Crippen LogP contribution >= 0.6 is 0 Å². The van der Waals surface area contributed by atoms with Crippen LogP contribution in [0.1, 0.15) is 29.5 Å². The molecule has 1 heterocycles. The Morgan fingerprint density at radius 1 is 0.882 bits per heavy atom. The molecule has 0 amide bonds. The van der Waals surface area contributed by atoms with E-state index in [9.17, 15) is 9.59 Å². The van der Waals surface area contributed by atoms with E-state index in [1.807, 2.05) is 48.2 Å². The van der Waals surface area contributed by atoms with Crippen LogP contribution in [-0.2, 0) is 25.5 Å². The van der Waals surface area contributed by atoms with Gasteiger partial charge in [-0.25, -0.2) is 0 Å². The predicted molar refractivity (Wildman–Crippen MR) is 127 cm³/mol. The van der Waals surface area contributed by atoms with Crippen LogP contribution < -0.4 is 14.2 Å². The molecule has 0 saturated heterocycles. The van der Waals surface area contributed by atoms with Crippen LogP contribution in [0.3, 0.4) is 0 Å². The van der Waals surface area contributed by atoms with Crippen molar-refractivity contribution in [3.05, 3.63) is 53.1 Å². The molecule has 3 atom stereocenters. The van der Waals surface area contributed by atoms with Gasteiger partial charge < -0.3 is 23.7 Å². The van der Waals surface area contributed by atoms with Crippen LogP contribution in [0.5, 0.6) is 17.2 Å². The predicted octanol–water partition coefficient (Wildman–Crippen LogP) is 3.05. The Morgan fingerprint density at radius 3 is 2.03 bits per heavy atom.